The highest BCUT2D eigenvalue weighted by Gasteiger charge is 2.24. The van der Waals surface area contributed by atoms with Gasteiger partial charge < -0.3 is 4.52 Å². The summed E-state index contributed by atoms with van der Waals surface area (Å²) in [5.41, 5.74) is -0.851. The summed E-state index contributed by atoms with van der Waals surface area (Å²) in [7, 11) is 3.06. The zero-order valence-electron chi connectivity index (χ0n) is 17.6. The Labute approximate surface area is 172 Å². The van der Waals surface area contributed by atoms with Gasteiger partial charge in [0.1, 0.15) is 16.2 Å². The second kappa shape index (κ2) is 8.10. The largest absolute Gasteiger partial charge is 0.339 e. The van der Waals surface area contributed by atoms with Crippen LogP contribution in [0.5, 0.6) is 0 Å². The molecule has 0 aliphatic rings. The number of fused-ring (bicyclic) bond motifs is 1. The normalized spacial score (nSPS) is 12.1. The van der Waals surface area contributed by atoms with E-state index in [2.05, 4.69) is 27.0 Å². The molecule has 0 fully saturated rings. The van der Waals surface area contributed by atoms with E-state index in [0.717, 1.165) is 23.8 Å². The second-order valence-electron chi connectivity index (χ2n) is 8.00. The van der Waals surface area contributed by atoms with Gasteiger partial charge in [-0.3, -0.25) is 13.9 Å². The van der Waals surface area contributed by atoms with Crippen LogP contribution in [0.2, 0.25) is 0 Å². The molecule has 0 aliphatic carbocycles. The van der Waals surface area contributed by atoms with Crippen LogP contribution in [0, 0.1) is 0 Å². The molecule has 3 heterocycles. The van der Waals surface area contributed by atoms with E-state index in [0.29, 0.717) is 39.4 Å². The number of aromatic nitrogens is 6. The Hall–Kier alpha value is -2.49. The number of rotatable bonds is 6. The second-order valence-corrected chi connectivity index (χ2v) is 8.97. The molecule has 3 aromatic rings. The number of hydrogen-bond donors (Lipinski definition) is 0. The van der Waals surface area contributed by atoms with Gasteiger partial charge in [-0.15, -0.1) is 0 Å². The monoisotopic (exact) mass is 418 g/mol. The molecule has 0 aliphatic heterocycles. The number of aryl methyl sites for hydroxylation is 2. The molecule has 9 nitrogen and oxygen atoms in total. The maximum atomic E-state index is 12.8. The molecule has 0 amide bonds. The molecule has 0 saturated heterocycles. The Morgan fingerprint density at radius 1 is 1.07 bits per heavy atom. The third-order valence-corrected chi connectivity index (χ3v) is 5.50. The van der Waals surface area contributed by atoms with Crippen molar-refractivity contribution < 1.29 is 4.52 Å². The van der Waals surface area contributed by atoms with Crippen LogP contribution < -0.4 is 11.2 Å². The molecular formula is C19H26N6O3S. The van der Waals surface area contributed by atoms with Crippen molar-refractivity contribution in [3.05, 3.63) is 38.4 Å². The van der Waals surface area contributed by atoms with Crippen LogP contribution in [0.4, 0.5) is 0 Å². The Morgan fingerprint density at radius 3 is 2.45 bits per heavy atom. The van der Waals surface area contributed by atoms with Gasteiger partial charge in [0.15, 0.2) is 11.5 Å². The van der Waals surface area contributed by atoms with E-state index in [1.807, 2.05) is 20.8 Å². The average molecular weight is 419 g/mol. The average Bonchev–Trinajstić information content (AvgIpc) is 3.13. The molecule has 29 heavy (non-hydrogen) atoms. The lowest BCUT2D eigenvalue weighted by Gasteiger charge is -2.19. The molecule has 0 radical (unpaired) electrons. The third kappa shape index (κ3) is 4.26. The van der Waals surface area contributed by atoms with Crippen molar-refractivity contribution in [3.63, 3.8) is 0 Å². The fraction of sp³-hybridized carbons (Fsp3) is 0.579. The zero-order chi connectivity index (χ0) is 21.3. The summed E-state index contributed by atoms with van der Waals surface area (Å²) >= 11 is 1.34. The van der Waals surface area contributed by atoms with Crippen LogP contribution in [0.3, 0.4) is 0 Å². The van der Waals surface area contributed by atoms with Gasteiger partial charge in [-0.1, -0.05) is 51.0 Å². The first-order valence-corrected chi connectivity index (χ1v) is 10.5. The molecule has 3 rings (SSSR count). The number of hydrogen-bond acceptors (Lipinski definition) is 8. The van der Waals surface area contributed by atoms with Crippen molar-refractivity contribution in [1.29, 1.82) is 0 Å². The van der Waals surface area contributed by atoms with Gasteiger partial charge in [0.25, 0.3) is 5.56 Å². The standard InChI is InChI=1S/C19H26N6O3S/c1-7-8-9-12-20-11(23-28-12)10-29-15-13-14(21-17(22-15)19(2,3)4)24(5)18(27)25(6)16(13)26/h7-10H2,1-6H3. The third-order valence-electron chi connectivity index (χ3n) is 4.53. The van der Waals surface area contributed by atoms with E-state index in [1.54, 1.807) is 7.05 Å². The molecule has 0 atom stereocenters. The summed E-state index contributed by atoms with van der Waals surface area (Å²) in [4.78, 5) is 38.8. The highest BCUT2D eigenvalue weighted by molar-refractivity contribution is 7.98. The summed E-state index contributed by atoms with van der Waals surface area (Å²) in [6.45, 7) is 8.07. The van der Waals surface area contributed by atoms with Gasteiger partial charge in [0.2, 0.25) is 5.89 Å². The minimum Gasteiger partial charge on any atom is -0.339 e. The van der Waals surface area contributed by atoms with Crippen LogP contribution in [-0.4, -0.2) is 29.2 Å². The molecule has 0 aromatic carbocycles. The molecule has 0 spiro atoms. The summed E-state index contributed by atoms with van der Waals surface area (Å²) < 4.78 is 7.74. The summed E-state index contributed by atoms with van der Waals surface area (Å²) in [6, 6.07) is 0. The van der Waals surface area contributed by atoms with Crippen LogP contribution in [-0.2, 0) is 31.7 Å². The Bertz CT molecular complexity index is 1160. The van der Waals surface area contributed by atoms with Gasteiger partial charge in [0.05, 0.1) is 5.75 Å². The van der Waals surface area contributed by atoms with Crippen LogP contribution in [0.15, 0.2) is 19.1 Å². The number of thioether (sulfide) groups is 1. The summed E-state index contributed by atoms with van der Waals surface area (Å²) in [5.74, 6) is 2.13. The first-order valence-electron chi connectivity index (χ1n) is 9.56. The highest BCUT2D eigenvalue weighted by atomic mass is 32.2. The Morgan fingerprint density at radius 2 is 1.79 bits per heavy atom. The molecule has 0 N–H and O–H groups in total. The molecule has 10 heteroatoms. The van der Waals surface area contributed by atoms with Gasteiger partial charge in [-0.05, 0) is 6.42 Å². The SMILES string of the molecule is CCCCc1nc(CSc2nc(C(C)(C)C)nc3c2c(=O)n(C)c(=O)n3C)no1. The lowest BCUT2D eigenvalue weighted by atomic mass is 9.96. The Kier molecular flexibility index (Phi) is 5.92. The molecule has 0 bridgehead atoms. The van der Waals surface area contributed by atoms with E-state index in [9.17, 15) is 9.59 Å². The number of unbranched alkanes of at least 4 members (excludes halogenated alkanes) is 1. The van der Waals surface area contributed by atoms with E-state index in [4.69, 9.17) is 4.52 Å². The summed E-state index contributed by atoms with van der Waals surface area (Å²) in [5, 5.41) is 4.85. The first-order chi connectivity index (χ1) is 13.6. The lowest BCUT2D eigenvalue weighted by molar-refractivity contribution is 0.371. The van der Waals surface area contributed by atoms with Crippen LogP contribution >= 0.6 is 11.8 Å². The molecule has 0 unspecified atom stereocenters. The predicted octanol–water partition coefficient (Wildman–Crippen LogP) is 2.34. The fourth-order valence-corrected chi connectivity index (χ4v) is 3.64. The van der Waals surface area contributed by atoms with Crippen molar-refractivity contribution in [2.24, 2.45) is 14.1 Å². The molecule has 156 valence electrons. The van der Waals surface area contributed by atoms with Gasteiger partial charge >= 0.3 is 5.69 Å². The van der Waals surface area contributed by atoms with Gasteiger partial charge in [-0.2, -0.15) is 4.98 Å². The van der Waals surface area contributed by atoms with Gasteiger partial charge in [-0.25, -0.2) is 14.8 Å². The summed E-state index contributed by atoms with van der Waals surface area (Å²) in [6.07, 6.45) is 2.79. The smallest absolute Gasteiger partial charge is 0.332 e. The van der Waals surface area contributed by atoms with E-state index in [1.165, 1.54) is 23.4 Å². The van der Waals surface area contributed by atoms with E-state index < -0.39 is 11.2 Å². The van der Waals surface area contributed by atoms with Crippen LogP contribution in [0.25, 0.3) is 11.0 Å². The van der Waals surface area contributed by atoms with Gasteiger partial charge in [0, 0.05) is 25.9 Å². The highest BCUT2D eigenvalue weighted by Crippen LogP contribution is 2.28. The van der Waals surface area contributed by atoms with Crippen molar-refractivity contribution in [2.45, 2.75) is 63.2 Å². The minimum atomic E-state index is -0.421. The first kappa shape index (κ1) is 21.2. The van der Waals surface area contributed by atoms with Crippen molar-refractivity contribution in [3.8, 4) is 0 Å². The van der Waals surface area contributed by atoms with E-state index in [-0.39, 0.29) is 5.41 Å². The quantitative estimate of drug-likeness (QED) is 0.443. The van der Waals surface area contributed by atoms with Crippen molar-refractivity contribution in [2.75, 3.05) is 0 Å². The Balaban J connectivity index is 2.07. The number of nitrogens with zero attached hydrogens (tertiary/aromatic N) is 6. The predicted molar refractivity (Wildman–Crippen MR) is 111 cm³/mol. The van der Waals surface area contributed by atoms with E-state index >= 15 is 0 Å². The fourth-order valence-electron chi connectivity index (χ4n) is 2.78. The topological polar surface area (TPSA) is 109 Å². The minimum absolute atomic E-state index is 0.322. The molecule has 3 aromatic heterocycles. The lowest BCUT2D eigenvalue weighted by Crippen LogP contribution is -2.38. The molecular weight excluding hydrogens is 392 g/mol. The molecule has 0 saturated carbocycles. The maximum Gasteiger partial charge on any atom is 0.332 e. The maximum absolute atomic E-state index is 12.8. The zero-order valence-corrected chi connectivity index (χ0v) is 18.5. The van der Waals surface area contributed by atoms with Crippen molar-refractivity contribution in [1.82, 2.24) is 29.2 Å². The van der Waals surface area contributed by atoms with Crippen LogP contribution in [0.1, 0.15) is 58.1 Å². The van der Waals surface area contributed by atoms with Crippen molar-refractivity contribution >= 4 is 22.8 Å².